The van der Waals surface area contributed by atoms with Crippen LogP contribution in [0.1, 0.15) is 19.3 Å². The maximum atomic E-state index is 5.49. The molecule has 0 atom stereocenters. The van der Waals surface area contributed by atoms with Gasteiger partial charge in [0.1, 0.15) is 9.32 Å². The molecular weight excluding hydrogens is 382 g/mol. The van der Waals surface area contributed by atoms with Crippen molar-refractivity contribution in [3.63, 3.8) is 0 Å². The van der Waals surface area contributed by atoms with Crippen molar-refractivity contribution in [3.8, 4) is 0 Å². The summed E-state index contributed by atoms with van der Waals surface area (Å²) in [6, 6.07) is 0. The molecule has 2 aliphatic rings. The van der Waals surface area contributed by atoms with Gasteiger partial charge in [-0.3, -0.25) is 0 Å². The molecular formula is C7H10I2N2O. The van der Waals surface area contributed by atoms with Crippen molar-refractivity contribution >= 4 is 49.2 Å². The van der Waals surface area contributed by atoms with Crippen LogP contribution in [0, 0.1) is 0 Å². The van der Waals surface area contributed by atoms with E-state index >= 15 is 0 Å². The summed E-state index contributed by atoms with van der Waals surface area (Å²) in [5, 5.41) is 4.02. The number of halogens is 2. The van der Waals surface area contributed by atoms with E-state index in [0.29, 0.717) is 0 Å². The molecule has 0 aromatic carbocycles. The molecule has 0 amide bonds. The summed E-state index contributed by atoms with van der Waals surface area (Å²) in [4.78, 5) is 5.49. The lowest BCUT2D eigenvalue weighted by Crippen LogP contribution is -2.40. The summed E-state index contributed by atoms with van der Waals surface area (Å²) in [7, 11) is 0. The van der Waals surface area contributed by atoms with Crippen LogP contribution < -0.4 is 0 Å². The molecule has 0 N–H and O–H groups in total. The Morgan fingerprint density at radius 1 is 1.42 bits per heavy atom. The van der Waals surface area contributed by atoms with Gasteiger partial charge in [-0.05, 0) is 22.6 Å². The summed E-state index contributed by atoms with van der Waals surface area (Å²) in [6.45, 7) is 2.25. The fourth-order valence-corrected chi connectivity index (χ4v) is 2.91. The molecule has 2 rings (SSSR count). The minimum atomic E-state index is 0.0677. The second-order valence-electron chi connectivity index (χ2n) is 3.33. The zero-order valence-corrected chi connectivity index (χ0v) is 10.9. The standard InChI is InChI=1S/C7H10I2N2O/c8-6-5-7(12-10-6)1-3-11(9)4-2-7/h1-5H2. The average molecular weight is 392 g/mol. The van der Waals surface area contributed by atoms with Gasteiger partial charge in [0.2, 0.25) is 0 Å². The predicted molar refractivity (Wildman–Crippen MR) is 64.7 cm³/mol. The van der Waals surface area contributed by atoms with Gasteiger partial charge in [-0.1, -0.05) is 5.16 Å². The van der Waals surface area contributed by atoms with Gasteiger partial charge in [-0.15, -0.1) is 0 Å². The highest BCUT2D eigenvalue weighted by atomic mass is 127. The van der Waals surface area contributed by atoms with Gasteiger partial charge in [-0.2, -0.15) is 0 Å². The molecule has 5 heteroatoms. The summed E-state index contributed by atoms with van der Waals surface area (Å²) in [6.07, 6.45) is 3.26. The second kappa shape index (κ2) is 3.56. The largest absolute Gasteiger partial charge is 0.388 e. The Morgan fingerprint density at radius 2 is 2.08 bits per heavy atom. The molecule has 0 aromatic heterocycles. The summed E-state index contributed by atoms with van der Waals surface area (Å²) in [5.41, 5.74) is 0.0677. The predicted octanol–water partition coefficient (Wildman–Crippen LogP) is 2.34. The zero-order valence-electron chi connectivity index (χ0n) is 6.59. The topological polar surface area (TPSA) is 24.8 Å². The van der Waals surface area contributed by atoms with Crippen molar-refractivity contribution in [2.24, 2.45) is 5.16 Å². The lowest BCUT2D eigenvalue weighted by Gasteiger charge is -2.33. The summed E-state index contributed by atoms with van der Waals surface area (Å²) in [5.74, 6) is 0. The first-order valence-electron chi connectivity index (χ1n) is 4.01. The van der Waals surface area contributed by atoms with Crippen LogP contribution >= 0.6 is 45.5 Å². The van der Waals surface area contributed by atoms with E-state index in [2.05, 4.69) is 53.7 Å². The van der Waals surface area contributed by atoms with E-state index < -0.39 is 0 Å². The van der Waals surface area contributed by atoms with E-state index in [-0.39, 0.29) is 5.60 Å². The third-order valence-corrected chi connectivity index (χ3v) is 3.97. The molecule has 1 spiro atoms. The van der Waals surface area contributed by atoms with E-state index in [1.807, 2.05) is 0 Å². The fraction of sp³-hybridized carbons (Fsp3) is 0.857. The van der Waals surface area contributed by atoms with Gasteiger partial charge < -0.3 is 4.84 Å². The summed E-state index contributed by atoms with van der Waals surface area (Å²) < 4.78 is 3.44. The first kappa shape index (κ1) is 9.45. The SMILES string of the molecule is IC1=NOC2(CCN(I)CC2)C1. The number of rotatable bonds is 0. The van der Waals surface area contributed by atoms with Crippen LogP contribution in [0.3, 0.4) is 0 Å². The van der Waals surface area contributed by atoms with Gasteiger partial charge >= 0.3 is 0 Å². The monoisotopic (exact) mass is 392 g/mol. The Morgan fingerprint density at radius 3 is 2.58 bits per heavy atom. The van der Waals surface area contributed by atoms with Crippen molar-refractivity contribution in [2.75, 3.05) is 13.1 Å². The van der Waals surface area contributed by atoms with Gasteiger partial charge in [0.25, 0.3) is 0 Å². The van der Waals surface area contributed by atoms with E-state index in [1.54, 1.807) is 0 Å². The zero-order chi connectivity index (χ0) is 8.60. The molecule has 0 radical (unpaired) electrons. The number of hydrogen-bond donors (Lipinski definition) is 0. The average Bonchev–Trinajstić information content (AvgIpc) is 2.40. The second-order valence-corrected chi connectivity index (χ2v) is 5.94. The molecule has 3 nitrogen and oxygen atoms in total. The van der Waals surface area contributed by atoms with E-state index in [0.717, 1.165) is 36.1 Å². The number of hydrogen-bond acceptors (Lipinski definition) is 3. The molecule has 0 bridgehead atoms. The molecule has 2 heterocycles. The van der Waals surface area contributed by atoms with Crippen LogP contribution in [0.4, 0.5) is 0 Å². The highest BCUT2D eigenvalue weighted by Crippen LogP contribution is 2.36. The highest BCUT2D eigenvalue weighted by molar-refractivity contribution is 14.1. The minimum Gasteiger partial charge on any atom is -0.388 e. The first-order valence-corrected chi connectivity index (χ1v) is 6.06. The molecule has 2 aliphatic heterocycles. The smallest absolute Gasteiger partial charge is 0.146 e. The molecule has 0 unspecified atom stereocenters. The number of nitrogens with zero attached hydrogens (tertiary/aromatic N) is 2. The van der Waals surface area contributed by atoms with Gasteiger partial charge in [-0.25, -0.2) is 3.11 Å². The highest BCUT2D eigenvalue weighted by Gasteiger charge is 2.40. The van der Waals surface area contributed by atoms with Crippen LogP contribution in [0.5, 0.6) is 0 Å². The normalized spacial score (nSPS) is 28.7. The van der Waals surface area contributed by atoms with Crippen molar-refractivity contribution in [1.82, 2.24) is 3.11 Å². The lowest BCUT2D eigenvalue weighted by atomic mass is 9.90. The molecule has 12 heavy (non-hydrogen) atoms. The van der Waals surface area contributed by atoms with E-state index in [9.17, 15) is 0 Å². The third kappa shape index (κ3) is 1.87. The van der Waals surface area contributed by atoms with Gasteiger partial charge in [0.05, 0.1) is 0 Å². The van der Waals surface area contributed by atoms with Crippen LogP contribution in [-0.2, 0) is 4.84 Å². The fourth-order valence-electron chi connectivity index (χ4n) is 1.63. The molecule has 1 saturated heterocycles. The van der Waals surface area contributed by atoms with E-state index in [1.165, 1.54) is 0 Å². The number of oxime groups is 1. The Bertz CT molecular complexity index is 211. The lowest BCUT2D eigenvalue weighted by molar-refractivity contribution is -0.0477. The van der Waals surface area contributed by atoms with Crippen molar-refractivity contribution in [2.45, 2.75) is 24.9 Å². The molecule has 68 valence electrons. The minimum absolute atomic E-state index is 0.0677. The summed E-state index contributed by atoms with van der Waals surface area (Å²) >= 11 is 4.63. The first-order chi connectivity index (χ1) is 5.70. The Balaban J connectivity index is 1.97. The van der Waals surface area contributed by atoms with Crippen LogP contribution in [0.15, 0.2) is 5.16 Å². The van der Waals surface area contributed by atoms with Crippen molar-refractivity contribution < 1.29 is 4.84 Å². The molecule has 0 saturated carbocycles. The van der Waals surface area contributed by atoms with Gasteiger partial charge in [0.15, 0.2) is 0 Å². The van der Waals surface area contributed by atoms with E-state index in [4.69, 9.17) is 4.84 Å². The Labute approximate surface area is 99.5 Å². The van der Waals surface area contributed by atoms with Gasteiger partial charge in [0, 0.05) is 55.2 Å². The third-order valence-electron chi connectivity index (χ3n) is 2.43. The van der Waals surface area contributed by atoms with Crippen LogP contribution in [-0.4, -0.2) is 25.5 Å². The maximum absolute atomic E-state index is 5.49. The molecule has 0 aromatic rings. The maximum Gasteiger partial charge on any atom is 0.146 e. The van der Waals surface area contributed by atoms with Crippen LogP contribution in [0.2, 0.25) is 0 Å². The quantitative estimate of drug-likeness (QED) is 0.467. The Kier molecular flexibility index (Phi) is 2.81. The van der Waals surface area contributed by atoms with Crippen LogP contribution in [0.25, 0.3) is 0 Å². The molecule has 1 fully saturated rings. The Hall–Kier alpha value is 0.890. The van der Waals surface area contributed by atoms with Crippen molar-refractivity contribution in [1.29, 1.82) is 0 Å². The molecule has 0 aliphatic carbocycles. The number of piperidine rings is 1. The van der Waals surface area contributed by atoms with Crippen molar-refractivity contribution in [3.05, 3.63) is 0 Å².